The summed E-state index contributed by atoms with van der Waals surface area (Å²) >= 11 is 0. The molecule has 0 saturated carbocycles. The van der Waals surface area contributed by atoms with Crippen LogP contribution in [0.15, 0.2) is 30.3 Å². The molecule has 4 nitrogen and oxygen atoms in total. The molecule has 2 aromatic carbocycles. The van der Waals surface area contributed by atoms with Gasteiger partial charge in [-0.2, -0.15) is 0 Å². The molecule has 2 aromatic rings. The van der Waals surface area contributed by atoms with Crippen LogP contribution in [0.3, 0.4) is 0 Å². The smallest absolute Gasteiger partial charge is 0.347 e. The van der Waals surface area contributed by atoms with Crippen LogP contribution >= 0.6 is 0 Å². The van der Waals surface area contributed by atoms with Gasteiger partial charge in [-0.15, -0.1) is 0 Å². The first-order chi connectivity index (χ1) is 8.72. The molecule has 0 N–H and O–H groups in total. The number of esters is 2. The average molecular weight is 242 g/mol. The van der Waals surface area contributed by atoms with E-state index in [0.29, 0.717) is 23.3 Å². The first kappa shape index (κ1) is 10.8. The van der Waals surface area contributed by atoms with E-state index >= 15 is 0 Å². The van der Waals surface area contributed by atoms with Crippen molar-refractivity contribution < 1.29 is 19.1 Å². The van der Waals surface area contributed by atoms with Crippen molar-refractivity contribution in [1.29, 1.82) is 0 Å². The standard InChI is InChI=1S/C14H10O4/c1-2-17-11-7-10-12(14(16)18-13(10)15)9-6-4-3-5-8(9)11/h3-7H,2H2,1H3. The van der Waals surface area contributed by atoms with Crippen molar-refractivity contribution in [2.45, 2.75) is 6.92 Å². The second kappa shape index (κ2) is 3.84. The van der Waals surface area contributed by atoms with Gasteiger partial charge >= 0.3 is 11.9 Å². The Morgan fingerprint density at radius 3 is 2.56 bits per heavy atom. The maximum absolute atomic E-state index is 11.7. The highest BCUT2D eigenvalue weighted by molar-refractivity contribution is 6.22. The topological polar surface area (TPSA) is 52.6 Å². The summed E-state index contributed by atoms with van der Waals surface area (Å²) in [6.45, 7) is 2.36. The molecule has 0 unspecified atom stereocenters. The highest BCUT2D eigenvalue weighted by atomic mass is 16.6. The summed E-state index contributed by atoms with van der Waals surface area (Å²) in [5.41, 5.74) is 0.612. The number of hydrogen-bond donors (Lipinski definition) is 0. The maximum Gasteiger partial charge on any atom is 0.347 e. The van der Waals surface area contributed by atoms with Crippen LogP contribution < -0.4 is 4.74 Å². The van der Waals surface area contributed by atoms with E-state index in [1.54, 1.807) is 12.1 Å². The van der Waals surface area contributed by atoms with Crippen LogP contribution in [-0.2, 0) is 4.74 Å². The third-order valence-corrected chi connectivity index (χ3v) is 2.92. The second-order valence-corrected chi connectivity index (χ2v) is 3.95. The van der Waals surface area contributed by atoms with E-state index in [9.17, 15) is 9.59 Å². The van der Waals surface area contributed by atoms with Gasteiger partial charge in [0.1, 0.15) is 5.75 Å². The van der Waals surface area contributed by atoms with Gasteiger partial charge in [0.05, 0.1) is 17.7 Å². The molecule has 1 heterocycles. The Balaban J connectivity index is 2.40. The van der Waals surface area contributed by atoms with Gasteiger partial charge in [0.25, 0.3) is 0 Å². The highest BCUT2D eigenvalue weighted by Gasteiger charge is 2.32. The molecular weight excluding hydrogens is 232 g/mol. The number of carbonyl (C=O) groups excluding carboxylic acids is 2. The first-order valence-electron chi connectivity index (χ1n) is 5.67. The summed E-state index contributed by atoms with van der Waals surface area (Å²) in [6, 6.07) is 8.90. The number of cyclic esters (lactones) is 2. The molecule has 0 spiro atoms. The Bertz CT molecular complexity index is 673. The molecule has 3 rings (SSSR count). The molecule has 0 saturated heterocycles. The van der Waals surface area contributed by atoms with Crippen LogP contribution in [0.5, 0.6) is 5.75 Å². The lowest BCUT2D eigenvalue weighted by atomic mass is 9.99. The molecule has 90 valence electrons. The van der Waals surface area contributed by atoms with Crippen LogP contribution in [0.25, 0.3) is 10.8 Å². The lowest BCUT2D eigenvalue weighted by Crippen LogP contribution is -1.98. The van der Waals surface area contributed by atoms with E-state index in [-0.39, 0.29) is 5.56 Å². The molecule has 0 fully saturated rings. The zero-order valence-electron chi connectivity index (χ0n) is 9.73. The summed E-state index contributed by atoms with van der Waals surface area (Å²) in [7, 11) is 0. The molecule has 0 atom stereocenters. The van der Waals surface area contributed by atoms with E-state index in [2.05, 4.69) is 4.74 Å². The Morgan fingerprint density at radius 1 is 1.11 bits per heavy atom. The Hall–Kier alpha value is -2.36. The first-order valence-corrected chi connectivity index (χ1v) is 5.67. The molecule has 4 heteroatoms. The molecule has 0 amide bonds. The molecule has 0 bridgehead atoms. The van der Waals surface area contributed by atoms with Crippen molar-refractivity contribution in [2.24, 2.45) is 0 Å². The lowest BCUT2D eigenvalue weighted by Gasteiger charge is -2.09. The zero-order valence-corrected chi connectivity index (χ0v) is 9.73. The summed E-state index contributed by atoms with van der Waals surface area (Å²) in [5.74, 6) is -0.602. The minimum absolute atomic E-state index is 0.280. The largest absolute Gasteiger partial charge is 0.493 e. The molecule has 1 aliphatic rings. The summed E-state index contributed by atoms with van der Waals surface area (Å²) in [5, 5.41) is 1.50. The zero-order chi connectivity index (χ0) is 12.7. The fourth-order valence-electron chi connectivity index (χ4n) is 2.19. The fourth-order valence-corrected chi connectivity index (χ4v) is 2.19. The average Bonchev–Trinajstić information content (AvgIpc) is 2.65. The van der Waals surface area contributed by atoms with Crippen LogP contribution in [-0.4, -0.2) is 18.5 Å². The Kier molecular flexibility index (Phi) is 2.30. The van der Waals surface area contributed by atoms with Crippen molar-refractivity contribution in [1.82, 2.24) is 0 Å². The van der Waals surface area contributed by atoms with E-state index < -0.39 is 11.9 Å². The Labute approximate surface area is 103 Å². The van der Waals surface area contributed by atoms with Crippen molar-refractivity contribution >= 4 is 22.7 Å². The molecule has 0 aliphatic carbocycles. The van der Waals surface area contributed by atoms with Crippen molar-refractivity contribution in [3.63, 3.8) is 0 Å². The number of rotatable bonds is 2. The van der Waals surface area contributed by atoms with Gasteiger partial charge in [-0.05, 0) is 13.0 Å². The SMILES string of the molecule is CCOc1cc2c(c3ccccc13)C(=O)OC2=O. The molecule has 0 radical (unpaired) electrons. The van der Waals surface area contributed by atoms with Gasteiger partial charge in [-0.3, -0.25) is 0 Å². The lowest BCUT2D eigenvalue weighted by molar-refractivity contribution is 0.0444. The van der Waals surface area contributed by atoms with Crippen LogP contribution in [0.1, 0.15) is 27.6 Å². The van der Waals surface area contributed by atoms with Crippen molar-refractivity contribution in [3.05, 3.63) is 41.5 Å². The van der Waals surface area contributed by atoms with Gasteiger partial charge in [0.15, 0.2) is 0 Å². The van der Waals surface area contributed by atoms with Crippen LogP contribution in [0.2, 0.25) is 0 Å². The number of benzene rings is 2. The fraction of sp³-hybridized carbons (Fsp3) is 0.143. The van der Waals surface area contributed by atoms with Crippen molar-refractivity contribution in [2.75, 3.05) is 6.61 Å². The minimum Gasteiger partial charge on any atom is -0.493 e. The van der Waals surface area contributed by atoms with Gasteiger partial charge < -0.3 is 9.47 Å². The van der Waals surface area contributed by atoms with E-state index in [1.807, 2.05) is 25.1 Å². The summed E-state index contributed by atoms with van der Waals surface area (Å²) in [4.78, 5) is 23.3. The third kappa shape index (κ3) is 1.39. The number of hydrogen-bond acceptors (Lipinski definition) is 4. The molecule has 0 aromatic heterocycles. The van der Waals surface area contributed by atoms with E-state index in [0.717, 1.165) is 5.39 Å². The van der Waals surface area contributed by atoms with E-state index in [1.165, 1.54) is 0 Å². The molecule has 1 aliphatic heterocycles. The van der Waals surface area contributed by atoms with Gasteiger partial charge in [-0.1, -0.05) is 24.3 Å². The number of ether oxygens (including phenoxy) is 2. The summed E-state index contributed by atoms with van der Waals surface area (Å²) < 4.78 is 10.1. The predicted octanol–water partition coefficient (Wildman–Crippen LogP) is 2.55. The van der Waals surface area contributed by atoms with Crippen LogP contribution in [0, 0.1) is 0 Å². The van der Waals surface area contributed by atoms with Crippen molar-refractivity contribution in [3.8, 4) is 5.75 Å². The highest BCUT2D eigenvalue weighted by Crippen LogP contribution is 2.35. The predicted molar refractivity (Wildman–Crippen MR) is 64.9 cm³/mol. The normalized spacial score (nSPS) is 13.6. The molecule has 18 heavy (non-hydrogen) atoms. The van der Waals surface area contributed by atoms with E-state index in [4.69, 9.17) is 4.74 Å². The van der Waals surface area contributed by atoms with Gasteiger partial charge in [0, 0.05) is 10.8 Å². The quantitative estimate of drug-likeness (QED) is 0.600. The maximum atomic E-state index is 11.7. The number of fused-ring (bicyclic) bond motifs is 3. The second-order valence-electron chi connectivity index (χ2n) is 3.95. The van der Waals surface area contributed by atoms with Gasteiger partial charge in [-0.25, -0.2) is 9.59 Å². The molecular formula is C14H10O4. The Morgan fingerprint density at radius 2 is 1.83 bits per heavy atom. The number of carbonyl (C=O) groups is 2. The summed E-state index contributed by atoms with van der Waals surface area (Å²) in [6.07, 6.45) is 0. The van der Waals surface area contributed by atoms with Gasteiger partial charge in [0.2, 0.25) is 0 Å². The monoisotopic (exact) mass is 242 g/mol. The minimum atomic E-state index is -0.610. The third-order valence-electron chi connectivity index (χ3n) is 2.92. The van der Waals surface area contributed by atoms with Crippen LogP contribution in [0.4, 0.5) is 0 Å².